The number of nitrogens with two attached hydrogens (primary N) is 1. The van der Waals surface area contributed by atoms with Gasteiger partial charge < -0.3 is 10.5 Å². The summed E-state index contributed by atoms with van der Waals surface area (Å²) >= 11 is 0. The average molecular weight is 230 g/mol. The van der Waals surface area contributed by atoms with Crippen molar-refractivity contribution in [1.82, 2.24) is 5.43 Å². The normalized spacial score (nSPS) is 11.9. The number of hydrazone groups is 1. The molecule has 0 unspecified atom stereocenters. The SMILES string of the molecule is COC(=O)C(=C/[N+](=O)[O-])/C(C)=N/NC(N)=O. The summed E-state index contributed by atoms with van der Waals surface area (Å²) in [4.78, 5) is 30.8. The summed E-state index contributed by atoms with van der Waals surface area (Å²) in [5.74, 6) is -0.941. The van der Waals surface area contributed by atoms with Gasteiger partial charge in [0.15, 0.2) is 5.57 Å². The molecule has 0 aliphatic carbocycles. The molecule has 0 radical (unpaired) electrons. The van der Waals surface area contributed by atoms with E-state index in [4.69, 9.17) is 5.73 Å². The summed E-state index contributed by atoms with van der Waals surface area (Å²) in [6, 6.07) is -0.954. The Labute approximate surface area is 90.1 Å². The molecule has 88 valence electrons. The Morgan fingerprint density at radius 2 is 2.12 bits per heavy atom. The maximum Gasteiger partial charge on any atom is 0.346 e. The van der Waals surface area contributed by atoms with Crippen molar-refractivity contribution in [1.29, 1.82) is 0 Å². The van der Waals surface area contributed by atoms with Crippen molar-refractivity contribution >= 4 is 17.7 Å². The van der Waals surface area contributed by atoms with Crippen molar-refractivity contribution in [2.75, 3.05) is 7.11 Å². The molecule has 0 aromatic carbocycles. The van der Waals surface area contributed by atoms with Crippen LogP contribution in [0.5, 0.6) is 0 Å². The second kappa shape index (κ2) is 6.11. The number of nitrogens with zero attached hydrogens (tertiary/aromatic N) is 2. The number of carbonyl (C=O) groups is 2. The first kappa shape index (κ1) is 13.5. The molecule has 0 heterocycles. The van der Waals surface area contributed by atoms with E-state index in [9.17, 15) is 19.7 Å². The van der Waals surface area contributed by atoms with Crippen molar-refractivity contribution in [3.05, 3.63) is 21.9 Å². The summed E-state index contributed by atoms with van der Waals surface area (Å²) < 4.78 is 4.30. The van der Waals surface area contributed by atoms with Gasteiger partial charge in [0.1, 0.15) is 0 Å². The molecule has 0 saturated carbocycles. The van der Waals surface area contributed by atoms with Gasteiger partial charge in [-0.15, -0.1) is 0 Å². The molecular formula is C7H10N4O5. The number of amides is 2. The van der Waals surface area contributed by atoms with Crippen LogP contribution in [0.1, 0.15) is 6.92 Å². The van der Waals surface area contributed by atoms with Crippen LogP contribution in [0.15, 0.2) is 16.9 Å². The Morgan fingerprint density at radius 3 is 2.50 bits per heavy atom. The molecule has 9 nitrogen and oxygen atoms in total. The van der Waals surface area contributed by atoms with Crippen LogP contribution in [-0.4, -0.2) is 29.7 Å². The van der Waals surface area contributed by atoms with Gasteiger partial charge in [0.2, 0.25) is 0 Å². The van der Waals surface area contributed by atoms with E-state index in [1.807, 2.05) is 5.43 Å². The molecule has 3 N–H and O–H groups in total. The van der Waals surface area contributed by atoms with Crippen molar-refractivity contribution in [3.8, 4) is 0 Å². The lowest BCUT2D eigenvalue weighted by Crippen LogP contribution is -2.26. The van der Waals surface area contributed by atoms with Gasteiger partial charge in [-0.1, -0.05) is 0 Å². The summed E-state index contributed by atoms with van der Waals surface area (Å²) in [6.45, 7) is 1.28. The number of nitro groups is 1. The van der Waals surface area contributed by atoms with Crippen molar-refractivity contribution in [3.63, 3.8) is 0 Å². The van der Waals surface area contributed by atoms with Crippen LogP contribution in [0, 0.1) is 10.1 Å². The maximum atomic E-state index is 11.1. The number of hydrogen-bond acceptors (Lipinski definition) is 6. The minimum absolute atomic E-state index is 0.0950. The highest BCUT2D eigenvalue weighted by molar-refractivity contribution is 6.18. The van der Waals surface area contributed by atoms with Crippen LogP contribution in [-0.2, 0) is 9.53 Å². The smallest absolute Gasteiger partial charge is 0.346 e. The number of hydrogen-bond donors (Lipinski definition) is 2. The highest BCUT2D eigenvalue weighted by atomic mass is 16.6. The molecular weight excluding hydrogens is 220 g/mol. The van der Waals surface area contributed by atoms with Gasteiger partial charge in [-0.05, 0) is 6.92 Å². The Balaban J connectivity index is 5.05. The van der Waals surface area contributed by atoms with Crippen LogP contribution in [0.2, 0.25) is 0 Å². The zero-order valence-electron chi connectivity index (χ0n) is 8.59. The monoisotopic (exact) mass is 230 g/mol. The predicted octanol–water partition coefficient (Wildman–Crippen LogP) is -0.636. The topological polar surface area (TPSA) is 137 Å². The van der Waals surface area contributed by atoms with E-state index in [0.717, 1.165) is 7.11 Å². The lowest BCUT2D eigenvalue weighted by atomic mass is 10.2. The molecule has 2 amide bonds. The Hall–Kier alpha value is -2.45. The number of rotatable bonds is 4. The van der Waals surface area contributed by atoms with E-state index in [2.05, 4.69) is 9.84 Å². The van der Waals surface area contributed by atoms with E-state index in [1.54, 1.807) is 0 Å². The Bertz CT molecular complexity index is 373. The summed E-state index contributed by atoms with van der Waals surface area (Å²) in [7, 11) is 1.06. The number of methoxy groups -OCH3 is 1. The highest BCUT2D eigenvalue weighted by Crippen LogP contribution is 2.01. The van der Waals surface area contributed by atoms with E-state index in [1.165, 1.54) is 6.92 Å². The van der Waals surface area contributed by atoms with E-state index in [-0.39, 0.29) is 11.3 Å². The Kier molecular flexibility index (Phi) is 5.18. The van der Waals surface area contributed by atoms with Gasteiger partial charge in [0.25, 0.3) is 6.20 Å². The molecule has 16 heavy (non-hydrogen) atoms. The zero-order valence-corrected chi connectivity index (χ0v) is 8.59. The summed E-state index contributed by atoms with van der Waals surface area (Å²) in [5, 5.41) is 13.6. The van der Waals surface area contributed by atoms with Gasteiger partial charge in [-0.2, -0.15) is 5.10 Å². The van der Waals surface area contributed by atoms with Gasteiger partial charge >= 0.3 is 12.0 Å². The lowest BCUT2D eigenvalue weighted by Gasteiger charge is -2.01. The largest absolute Gasteiger partial charge is 0.465 e. The maximum absolute atomic E-state index is 11.1. The van der Waals surface area contributed by atoms with Gasteiger partial charge in [-0.25, -0.2) is 15.0 Å². The second-order valence-corrected chi connectivity index (χ2v) is 2.49. The molecule has 0 bridgehead atoms. The molecule has 0 aromatic heterocycles. The molecule has 0 aromatic rings. The van der Waals surface area contributed by atoms with Crippen molar-refractivity contribution in [2.45, 2.75) is 6.92 Å². The summed E-state index contributed by atoms with van der Waals surface area (Å²) in [6.07, 6.45) is 0.424. The van der Waals surface area contributed by atoms with E-state index < -0.39 is 16.9 Å². The van der Waals surface area contributed by atoms with Crippen LogP contribution >= 0.6 is 0 Å². The van der Waals surface area contributed by atoms with Crippen LogP contribution < -0.4 is 11.2 Å². The third-order valence-electron chi connectivity index (χ3n) is 1.36. The fourth-order valence-electron chi connectivity index (χ4n) is 0.708. The average Bonchev–Trinajstić information content (AvgIpc) is 2.21. The van der Waals surface area contributed by atoms with Crippen LogP contribution in [0.4, 0.5) is 4.79 Å². The first-order valence-electron chi connectivity index (χ1n) is 3.92. The number of primary amides is 1. The number of urea groups is 1. The van der Waals surface area contributed by atoms with E-state index in [0.29, 0.717) is 6.20 Å². The van der Waals surface area contributed by atoms with Crippen molar-refractivity contribution in [2.24, 2.45) is 10.8 Å². The fraction of sp³-hybridized carbons (Fsp3) is 0.286. The predicted molar refractivity (Wildman–Crippen MR) is 52.9 cm³/mol. The number of esters is 1. The Morgan fingerprint density at radius 1 is 1.56 bits per heavy atom. The molecule has 0 rings (SSSR count). The quantitative estimate of drug-likeness (QED) is 0.217. The summed E-state index contributed by atoms with van der Waals surface area (Å²) in [5.41, 5.74) is 6.07. The molecule has 9 heteroatoms. The van der Waals surface area contributed by atoms with Crippen molar-refractivity contribution < 1.29 is 19.2 Å². The molecule has 0 aliphatic heterocycles. The third-order valence-corrected chi connectivity index (χ3v) is 1.36. The molecule has 0 atom stereocenters. The molecule has 0 spiro atoms. The lowest BCUT2D eigenvalue weighted by molar-refractivity contribution is -0.402. The van der Waals surface area contributed by atoms with Gasteiger partial charge in [-0.3, -0.25) is 10.1 Å². The van der Waals surface area contributed by atoms with E-state index >= 15 is 0 Å². The highest BCUT2D eigenvalue weighted by Gasteiger charge is 2.17. The minimum Gasteiger partial charge on any atom is -0.465 e. The third kappa shape index (κ3) is 4.69. The van der Waals surface area contributed by atoms with Gasteiger partial charge in [0.05, 0.1) is 17.7 Å². The number of ether oxygens (including phenoxy) is 1. The van der Waals surface area contributed by atoms with Crippen LogP contribution in [0.25, 0.3) is 0 Å². The number of carbonyl (C=O) groups excluding carboxylic acids is 2. The first-order chi connectivity index (χ1) is 7.38. The fourth-order valence-corrected chi connectivity index (χ4v) is 0.708. The van der Waals surface area contributed by atoms with Gasteiger partial charge in [0, 0.05) is 0 Å². The van der Waals surface area contributed by atoms with Crippen LogP contribution in [0.3, 0.4) is 0 Å². The second-order valence-electron chi connectivity index (χ2n) is 2.49. The molecule has 0 aliphatic rings. The molecule has 0 saturated heterocycles. The molecule has 0 fully saturated rings. The standard InChI is InChI=1S/C7H10N4O5/c1-4(9-10-7(8)13)5(3-11(14)15)6(12)16-2/h3H,1-2H3,(H3,8,10,13)/b5-3+,9-4+. The zero-order chi connectivity index (χ0) is 12.7. The first-order valence-corrected chi connectivity index (χ1v) is 3.92. The number of nitrogens with one attached hydrogen (secondary N) is 1. The minimum atomic E-state index is -0.954.